The van der Waals surface area contributed by atoms with Crippen LogP contribution in [-0.4, -0.2) is 29.7 Å². The highest BCUT2D eigenvalue weighted by Crippen LogP contribution is 2.28. The van der Waals surface area contributed by atoms with Crippen molar-refractivity contribution in [3.8, 4) is 11.5 Å². The number of para-hydroxylation sites is 1. The van der Waals surface area contributed by atoms with Crippen LogP contribution in [0.3, 0.4) is 0 Å². The highest BCUT2D eigenvalue weighted by atomic mass is 16.6. The third kappa shape index (κ3) is 4.56. The maximum Gasteiger partial charge on any atom is 0.344 e. The molecule has 0 bridgehead atoms. The fourth-order valence-electron chi connectivity index (χ4n) is 2.64. The number of aromatic nitrogens is 2. The first-order valence-corrected chi connectivity index (χ1v) is 8.71. The molecule has 0 saturated heterocycles. The molecule has 3 rings (SSSR count). The number of fused-ring (bicyclic) bond motifs is 1. The third-order valence-corrected chi connectivity index (χ3v) is 3.93. The van der Waals surface area contributed by atoms with Crippen LogP contribution in [-0.2, 0) is 16.1 Å². The summed E-state index contributed by atoms with van der Waals surface area (Å²) >= 11 is 0. The molecule has 7 nitrogen and oxygen atoms in total. The van der Waals surface area contributed by atoms with E-state index in [1.54, 1.807) is 13.2 Å². The molecule has 7 heteroatoms. The number of ether oxygens (including phenoxy) is 3. The zero-order chi connectivity index (χ0) is 19.9. The minimum atomic E-state index is -0.546. The highest BCUT2D eigenvalue weighted by molar-refractivity contribution is 5.87. The van der Waals surface area contributed by atoms with Crippen LogP contribution in [0.5, 0.6) is 11.5 Å². The average Bonchev–Trinajstić information content (AvgIpc) is 2.71. The minimum absolute atomic E-state index is 0.0887. The Bertz CT molecular complexity index is 1020. The second kappa shape index (κ2) is 8.85. The van der Waals surface area contributed by atoms with Gasteiger partial charge in [0.05, 0.1) is 12.6 Å². The van der Waals surface area contributed by atoms with E-state index >= 15 is 0 Å². The Morgan fingerprint density at radius 1 is 1.14 bits per heavy atom. The van der Waals surface area contributed by atoms with Gasteiger partial charge in [-0.05, 0) is 36.8 Å². The van der Waals surface area contributed by atoms with E-state index in [1.807, 2.05) is 55.5 Å². The second-order valence-electron chi connectivity index (χ2n) is 5.90. The number of carbonyl (C=O) groups is 1. The molecule has 3 aromatic rings. The molecule has 0 unspecified atom stereocenters. The van der Waals surface area contributed by atoms with Gasteiger partial charge < -0.3 is 19.9 Å². The molecule has 0 aliphatic carbocycles. The van der Waals surface area contributed by atoms with Gasteiger partial charge >= 0.3 is 5.97 Å². The van der Waals surface area contributed by atoms with Gasteiger partial charge in [0.25, 0.3) is 0 Å². The number of nitrogens with zero attached hydrogens (tertiary/aromatic N) is 2. The summed E-state index contributed by atoms with van der Waals surface area (Å²) in [7, 11) is 1.54. The van der Waals surface area contributed by atoms with Crippen molar-refractivity contribution in [1.82, 2.24) is 9.97 Å². The third-order valence-electron chi connectivity index (χ3n) is 3.93. The Hall–Kier alpha value is -3.61. The van der Waals surface area contributed by atoms with E-state index in [2.05, 4.69) is 9.97 Å². The number of benzene rings is 2. The predicted octanol–water partition coefficient (Wildman–Crippen LogP) is 3.38. The Morgan fingerprint density at radius 3 is 2.75 bits per heavy atom. The number of hydrogen-bond acceptors (Lipinski definition) is 7. The second-order valence-corrected chi connectivity index (χ2v) is 5.90. The summed E-state index contributed by atoms with van der Waals surface area (Å²) < 4.78 is 16.0. The van der Waals surface area contributed by atoms with Crippen LogP contribution >= 0.6 is 0 Å². The van der Waals surface area contributed by atoms with E-state index in [4.69, 9.17) is 19.9 Å². The van der Waals surface area contributed by atoms with Gasteiger partial charge in [0.2, 0.25) is 0 Å². The molecular formula is C21H21N3O4. The molecule has 0 fully saturated rings. The van der Waals surface area contributed by atoms with E-state index in [0.717, 1.165) is 10.9 Å². The van der Waals surface area contributed by atoms with Gasteiger partial charge in [0.1, 0.15) is 5.82 Å². The first-order chi connectivity index (χ1) is 13.6. The van der Waals surface area contributed by atoms with Crippen molar-refractivity contribution >= 4 is 28.8 Å². The van der Waals surface area contributed by atoms with Crippen LogP contribution in [0.25, 0.3) is 17.0 Å². The fraction of sp³-hybridized carbons (Fsp3) is 0.190. The molecule has 0 aliphatic rings. The average molecular weight is 379 g/mol. The number of nitrogens with two attached hydrogens (primary N) is 1. The van der Waals surface area contributed by atoms with Gasteiger partial charge in [-0.25, -0.2) is 14.8 Å². The number of methoxy groups -OCH3 is 1. The lowest BCUT2D eigenvalue weighted by atomic mass is 10.2. The molecule has 2 N–H and O–H groups in total. The Morgan fingerprint density at radius 2 is 1.96 bits per heavy atom. The number of carbonyl (C=O) groups excluding carboxylic acids is 1. The summed E-state index contributed by atoms with van der Waals surface area (Å²) in [6.45, 7) is 1.58. The number of rotatable bonds is 7. The van der Waals surface area contributed by atoms with E-state index in [0.29, 0.717) is 28.7 Å². The molecule has 2 aromatic carbocycles. The van der Waals surface area contributed by atoms with Gasteiger partial charge in [0.15, 0.2) is 30.5 Å². The first kappa shape index (κ1) is 19.2. The summed E-state index contributed by atoms with van der Waals surface area (Å²) in [5, 5.41) is 0.759. The zero-order valence-corrected chi connectivity index (χ0v) is 15.7. The lowest BCUT2D eigenvalue weighted by molar-refractivity contribution is -0.147. The van der Waals surface area contributed by atoms with E-state index in [1.165, 1.54) is 0 Å². The summed E-state index contributed by atoms with van der Waals surface area (Å²) in [6.07, 6.45) is 3.87. The number of allylic oxidation sites excluding steroid dienone is 1. The summed E-state index contributed by atoms with van der Waals surface area (Å²) in [5.74, 6) is 1.12. The van der Waals surface area contributed by atoms with Gasteiger partial charge in [0, 0.05) is 5.39 Å². The standard InChI is InChI=1S/C21H21N3O4/c1-3-6-14-9-10-17(18(11-14)26-2)27-13-20(25)28-12-19-23-16-8-5-4-7-15(16)21(22)24-19/h3-11H,12-13H2,1-2H3,(H2,22,23,24)/b6-3-. The first-order valence-electron chi connectivity index (χ1n) is 8.71. The van der Waals surface area contributed by atoms with Gasteiger partial charge in [-0.3, -0.25) is 0 Å². The highest BCUT2D eigenvalue weighted by Gasteiger charge is 2.11. The van der Waals surface area contributed by atoms with Crippen molar-refractivity contribution in [3.63, 3.8) is 0 Å². The van der Waals surface area contributed by atoms with Crippen LogP contribution in [0, 0.1) is 0 Å². The molecule has 0 spiro atoms. The Balaban J connectivity index is 1.59. The molecule has 0 atom stereocenters. The maximum absolute atomic E-state index is 12.0. The van der Waals surface area contributed by atoms with Crippen LogP contribution in [0.15, 0.2) is 48.5 Å². The minimum Gasteiger partial charge on any atom is -0.493 e. The van der Waals surface area contributed by atoms with Crippen LogP contribution in [0.2, 0.25) is 0 Å². The summed E-state index contributed by atoms with van der Waals surface area (Å²) in [5.41, 5.74) is 7.60. The fourth-order valence-corrected chi connectivity index (χ4v) is 2.64. The number of nitrogen functional groups attached to an aromatic ring is 1. The molecule has 0 amide bonds. The largest absolute Gasteiger partial charge is 0.493 e. The van der Waals surface area contributed by atoms with E-state index in [-0.39, 0.29) is 13.2 Å². The van der Waals surface area contributed by atoms with Crippen molar-refractivity contribution in [2.75, 3.05) is 19.5 Å². The lowest BCUT2D eigenvalue weighted by Gasteiger charge is -2.11. The number of esters is 1. The number of hydrogen-bond donors (Lipinski definition) is 1. The number of anilines is 1. The molecule has 144 valence electrons. The van der Waals surface area contributed by atoms with Crippen molar-refractivity contribution in [3.05, 3.63) is 59.9 Å². The van der Waals surface area contributed by atoms with Gasteiger partial charge in [-0.15, -0.1) is 0 Å². The van der Waals surface area contributed by atoms with Crippen LogP contribution in [0.4, 0.5) is 5.82 Å². The van der Waals surface area contributed by atoms with Crippen LogP contribution < -0.4 is 15.2 Å². The van der Waals surface area contributed by atoms with Gasteiger partial charge in [-0.2, -0.15) is 0 Å². The molecule has 28 heavy (non-hydrogen) atoms. The smallest absolute Gasteiger partial charge is 0.344 e. The summed E-state index contributed by atoms with van der Waals surface area (Å²) in [4.78, 5) is 20.5. The normalized spacial score (nSPS) is 10.9. The topological polar surface area (TPSA) is 96.6 Å². The van der Waals surface area contributed by atoms with Crippen molar-refractivity contribution in [2.45, 2.75) is 13.5 Å². The molecule has 0 aliphatic heterocycles. The molecule has 0 saturated carbocycles. The van der Waals surface area contributed by atoms with Crippen molar-refractivity contribution < 1.29 is 19.0 Å². The maximum atomic E-state index is 12.0. The van der Waals surface area contributed by atoms with E-state index in [9.17, 15) is 4.79 Å². The molecular weight excluding hydrogens is 358 g/mol. The zero-order valence-electron chi connectivity index (χ0n) is 15.7. The predicted molar refractivity (Wildman–Crippen MR) is 107 cm³/mol. The Labute approximate surface area is 162 Å². The SMILES string of the molecule is C/C=C\c1ccc(OCC(=O)OCc2nc(N)c3ccccc3n2)c(OC)c1. The molecule has 0 radical (unpaired) electrons. The van der Waals surface area contributed by atoms with Gasteiger partial charge in [-0.1, -0.05) is 30.4 Å². The lowest BCUT2D eigenvalue weighted by Crippen LogP contribution is -2.16. The molecule has 1 aromatic heterocycles. The quantitative estimate of drug-likeness (QED) is 0.629. The van der Waals surface area contributed by atoms with Crippen molar-refractivity contribution in [1.29, 1.82) is 0 Å². The Kier molecular flexibility index (Phi) is 6.06. The van der Waals surface area contributed by atoms with Crippen molar-refractivity contribution in [2.24, 2.45) is 0 Å². The molecule has 1 heterocycles. The monoisotopic (exact) mass is 379 g/mol. The summed E-state index contributed by atoms with van der Waals surface area (Å²) in [6, 6.07) is 12.8. The van der Waals surface area contributed by atoms with Crippen LogP contribution in [0.1, 0.15) is 18.3 Å². The van der Waals surface area contributed by atoms with E-state index < -0.39 is 5.97 Å².